The van der Waals surface area contributed by atoms with Crippen molar-refractivity contribution in [3.63, 3.8) is 0 Å². The van der Waals surface area contributed by atoms with Gasteiger partial charge in [0.1, 0.15) is 13.2 Å². The van der Waals surface area contributed by atoms with Crippen LogP contribution in [0.1, 0.15) is 24.8 Å². The number of carboxylic acids is 1. The molecule has 25 heavy (non-hydrogen) atoms. The van der Waals surface area contributed by atoms with Crippen molar-refractivity contribution in [3.05, 3.63) is 35.9 Å². The number of aliphatic carboxylic acids is 1. The summed E-state index contributed by atoms with van der Waals surface area (Å²) in [6, 6.07) is 9.28. The molecule has 1 N–H and O–H groups in total. The monoisotopic (exact) mass is 352 g/mol. The molecule has 1 aromatic carbocycles. The highest BCUT2D eigenvalue weighted by Gasteiger charge is 2.25. The van der Waals surface area contributed by atoms with Gasteiger partial charge in [-0.1, -0.05) is 30.3 Å². The Morgan fingerprint density at radius 3 is 2.24 bits per heavy atom. The first kappa shape index (κ1) is 20.6. The predicted octanol–water partition coefficient (Wildman–Crippen LogP) is 1.60. The molecule has 7 nitrogen and oxygen atoms in total. The molecule has 0 bridgehead atoms. The van der Waals surface area contributed by atoms with Crippen molar-refractivity contribution in [2.75, 3.05) is 27.7 Å². The van der Waals surface area contributed by atoms with E-state index in [2.05, 4.69) is 0 Å². The zero-order valence-corrected chi connectivity index (χ0v) is 14.9. The molecule has 0 aliphatic heterocycles. The van der Waals surface area contributed by atoms with E-state index in [4.69, 9.17) is 14.6 Å². The molecule has 1 aromatic rings. The summed E-state index contributed by atoms with van der Waals surface area (Å²) >= 11 is 0. The number of rotatable bonds is 10. The second-order valence-electron chi connectivity index (χ2n) is 6.83. The van der Waals surface area contributed by atoms with E-state index in [9.17, 15) is 14.4 Å². The van der Waals surface area contributed by atoms with Crippen LogP contribution >= 0.6 is 0 Å². The maximum atomic E-state index is 12.0. The van der Waals surface area contributed by atoms with Crippen LogP contribution in [0.4, 0.5) is 0 Å². The largest absolute Gasteiger partial charge is 0.481 e. The van der Waals surface area contributed by atoms with Crippen LogP contribution in [0, 0.1) is 0 Å². The molecular weight excluding hydrogens is 326 g/mol. The quantitative estimate of drug-likeness (QED) is 0.508. The molecule has 1 atom stereocenters. The highest BCUT2D eigenvalue weighted by atomic mass is 16.6. The molecule has 0 unspecified atom stereocenters. The van der Waals surface area contributed by atoms with E-state index < -0.39 is 24.0 Å². The Bertz CT molecular complexity index is 579. The lowest BCUT2D eigenvalue weighted by atomic mass is 10.2. The zero-order chi connectivity index (χ0) is 18.9. The van der Waals surface area contributed by atoms with Crippen molar-refractivity contribution in [1.82, 2.24) is 0 Å². The van der Waals surface area contributed by atoms with Crippen molar-refractivity contribution in [1.29, 1.82) is 0 Å². The molecule has 0 radical (unpaired) electrons. The Balaban J connectivity index is 2.55. The second kappa shape index (κ2) is 9.78. The van der Waals surface area contributed by atoms with E-state index in [1.54, 1.807) is 0 Å². The zero-order valence-electron chi connectivity index (χ0n) is 14.9. The molecule has 0 saturated heterocycles. The van der Waals surface area contributed by atoms with Gasteiger partial charge in [-0.2, -0.15) is 0 Å². The van der Waals surface area contributed by atoms with Crippen molar-refractivity contribution >= 4 is 17.9 Å². The number of likely N-dealkylation sites (N-methyl/N-ethyl adjacent to an activating group) is 1. The van der Waals surface area contributed by atoms with E-state index in [0.29, 0.717) is 11.0 Å². The Hall–Kier alpha value is -2.41. The molecule has 0 aliphatic rings. The first-order chi connectivity index (χ1) is 11.7. The van der Waals surface area contributed by atoms with Gasteiger partial charge in [0.05, 0.1) is 40.4 Å². The molecular formula is C18H26NO6+. The Labute approximate surface area is 147 Å². The average Bonchev–Trinajstić information content (AvgIpc) is 2.50. The van der Waals surface area contributed by atoms with E-state index in [-0.39, 0.29) is 25.9 Å². The number of carbonyl (C=O) groups excluding carboxylic acids is 2. The summed E-state index contributed by atoms with van der Waals surface area (Å²) in [6.07, 6.45) is -1.25. The van der Waals surface area contributed by atoms with Gasteiger partial charge < -0.3 is 19.1 Å². The van der Waals surface area contributed by atoms with Crippen LogP contribution < -0.4 is 0 Å². The van der Waals surface area contributed by atoms with Gasteiger partial charge in [-0.25, -0.2) is 0 Å². The lowest BCUT2D eigenvalue weighted by Crippen LogP contribution is -2.44. The van der Waals surface area contributed by atoms with Crippen molar-refractivity contribution in [3.8, 4) is 0 Å². The minimum Gasteiger partial charge on any atom is -0.481 e. The Morgan fingerprint density at radius 2 is 1.68 bits per heavy atom. The van der Waals surface area contributed by atoms with Gasteiger partial charge in [-0.3, -0.25) is 14.4 Å². The van der Waals surface area contributed by atoms with E-state index in [1.807, 2.05) is 51.5 Å². The molecule has 0 saturated carbocycles. The lowest BCUT2D eigenvalue weighted by molar-refractivity contribution is -0.873. The molecule has 138 valence electrons. The van der Waals surface area contributed by atoms with Gasteiger partial charge >= 0.3 is 17.9 Å². The number of quaternary nitrogens is 1. The standard InChI is InChI=1S/C18H25NO6/c1-19(2,3)12-15(25-17(22)10-9-16(20)21)11-18(23)24-13-14-7-5-4-6-8-14/h4-8,15H,9-13H2,1-3H3/p+1/t15-/m1/s1. The molecule has 0 aromatic heterocycles. The summed E-state index contributed by atoms with van der Waals surface area (Å²) in [4.78, 5) is 34.3. The third-order valence-corrected chi connectivity index (χ3v) is 3.23. The number of benzene rings is 1. The maximum Gasteiger partial charge on any atom is 0.310 e. The fourth-order valence-electron chi connectivity index (χ4n) is 2.19. The minimum atomic E-state index is -1.07. The van der Waals surface area contributed by atoms with Gasteiger partial charge in [-0.05, 0) is 5.56 Å². The van der Waals surface area contributed by atoms with Crippen LogP contribution in [-0.4, -0.2) is 61.3 Å². The van der Waals surface area contributed by atoms with Crippen LogP contribution in [0.3, 0.4) is 0 Å². The molecule has 0 heterocycles. The van der Waals surface area contributed by atoms with E-state index in [0.717, 1.165) is 5.56 Å². The normalized spacial score (nSPS) is 12.3. The van der Waals surface area contributed by atoms with E-state index in [1.165, 1.54) is 0 Å². The third kappa shape index (κ3) is 10.1. The van der Waals surface area contributed by atoms with Crippen LogP contribution in [-0.2, 0) is 30.5 Å². The first-order valence-corrected chi connectivity index (χ1v) is 8.07. The van der Waals surface area contributed by atoms with E-state index >= 15 is 0 Å². The maximum absolute atomic E-state index is 12.0. The average molecular weight is 352 g/mol. The van der Waals surface area contributed by atoms with Gasteiger partial charge in [0, 0.05) is 0 Å². The second-order valence-corrected chi connectivity index (χ2v) is 6.83. The third-order valence-electron chi connectivity index (χ3n) is 3.23. The topological polar surface area (TPSA) is 89.9 Å². The first-order valence-electron chi connectivity index (χ1n) is 8.07. The number of hydrogen-bond donors (Lipinski definition) is 1. The molecule has 0 spiro atoms. The lowest BCUT2D eigenvalue weighted by Gasteiger charge is -2.28. The van der Waals surface area contributed by atoms with Crippen LogP contribution in [0.25, 0.3) is 0 Å². The fourth-order valence-corrected chi connectivity index (χ4v) is 2.19. The number of ether oxygens (including phenoxy) is 2. The molecule has 0 aliphatic carbocycles. The van der Waals surface area contributed by atoms with Crippen molar-refractivity contribution in [2.24, 2.45) is 0 Å². The molecule has 7 heteroatoms. The van der Waals surface area contributed by atoms with Gasteiger partial charge in [-0.15, -0.1) is 0 Å². The number of hydrogen-bond acceptors (Lipinski definition) is 5. The molecule has 0 amide bonds. The summed E-state index contributed by atoms with van der Waals surface area (Å²) in [6.45, 7) is 0.572. The Morgan fingerprint density at radius 1 is 1.04 bits per heavy atom. The number of esters is 2. The van der Waals surface area contributed by atoms with Gasteiger partial charge in [0.25, 0.3) is 0 Å². The smallest absolute Gasteiger partial charge is 0.310 e. The molecule has 0 fully saturated rings. The summed E-state index contributed by atoms with van der Waals surface area (Å²) < 4.78 is 11.0. The van der Waals surface area contributed by atoms with Gasteiger partial charge in [0.2, 0.25) is 0 Å². The summed E-state index contributed by atoms with van der Waals surface area (Å²) in [5.74, 6) is -2.16. The fraction of sp³-hybridized carbons (Fsp3) is 0.500. The molecule has 1 rings (SSSR count). The SMILES string of the molecule is C[N+](C)(C)C[C@@H](CC(=O)OCc1ccccc1)OC(=O)CCC(=O)O. The highest BCUT2D eigenvalue weighted by molar-refractivity contribution is 5.77. The number of carbonyl (C=O) groups is 3. The predicted molar refractivity (Wildman–Crippen MR) is 90.5 cm³/mol. The minimum absolute atomic E-state index is 0.0683. The van der Waals surface area contributed by atoms with Crippen molar-refractivity contribution in [2.45, 2.75) is 32.0 Å². The van der Waals surface area contributed by atoms with Crippen molar-refractivity contribution < 1.29 is 33.4 Å². The Kier molecular flexibility index (Phi) is 8.07. The van der Waals surface area contributed by atoms with Crippen LogP contribution in [0.15, 0.2) is 30.3 Å². The summed E-state index contributed by atoms with van der Waals surface area (Å²) in [5, 5.41) is 8.62. The highest BCUT2D eigenvalue weighted by Crippen LogP contribution is 2.10. The van der Waals surface area contributed by atoms with Crippen LogP contribution in [0.2, 0.25) is 0 Å². The summed E-state index contributed by atoms with van der Waals surface area (Å²) in [7, 11) is 5.73. The van der Waals surface area contributed by atoms with Gasteiger partial charge in [0.15, 0.2) is 6.10 Å². The number of carboxylic acid groups (broad SMARTS) is 1. The van der Waals surface area contributed by atoms with Crippen LogP contribution in [0.5, 0.6) is 0 Å². The number of nitrogens with zero attached hydrogens (tertiary/aromatic N) is 1. The summed E-state index contributed by atoms with van der Waals surface area (Å²) in [5.41, 5.74) is 0.873.